The van der Waals surface area contributed by atoms with E-state index in [0.29, 0.717) is 30.0 Å². The number of carbonyl (C=O) groups is 3. The standard InChI is InChI=1S/C24H32FN3O6Si/c1-14-21(35(2,3)25)19(12-20(30)27-8-4-5-16(27)13-29)34-24(14)17-11-15(28-9-10-33-23(28)32)6-7-18(17)26-22(24)31/h6-7,11,14,16,19,21,29H,4-5,8-10,12-13H2,1-3H3,(H,26,31)/t14-,16-,19+,21-,24+/m0/s1. The molecule has 190 valence electrons. The molecule has 5 atom stereocenters. The predicted molar refractivity (Wildman–Crippen MR) is 128 cm³/mol. The summed E-state index contributed by atoms with van der Waals surface area (Å²) in [6.45, 7) is 6.12. The van der Waals surface area contributed by atoms with Gasteiger partial charge < -0.3 is 28.9 Å². The Balaban J connectivity index is 1.51. The first-order chi connectivity index (χ1) is 16.6. The van der Waals surface area contributed by atoms with Crippen molar-refractivity contribution in [3.8, 4) is 0 Å². The van der Waals surface area contributed by atoms with E-state index >= 15 is 4.11 Å². The van der Waals surface area contributed by atoms with E-state index in [-0.39, 0.29) is 37.5 Å². The van der Waals surface area contributed by atoms with E-state index in [1.165, 1.54) is 4.90 Å². The number of fused-ring (bicyclic) bond motifs is 2. The molecule has 0 bridgehead atoms. The van der Waals surface area contributed by atoms with Crippen LogP contribution in [0.5, 0.6) is 0 Å². The lowest BCUT2D eigenvalue weighted by Crippen LogP contribution is -2.42. The van der Waals surface area contributed by atoms with E-state index in [1.54, 1.807) is 36.2 Å². The number of cyclic esters (lactones) is 1. The molecule has 35 heavy (non-hydrogen) atoms. The van der Waals surface area contributed by atoms with Gasteiger partial charge in [-0.05, 0) is 44.1 Å². The number of nitrogens with zero attached hydrogens (tertiary/aromatic N) is 2. The van der Waals surface area contributed by atoms with Gasteiger partial charge in [0.25, 0.3) is 5.91 Å². The van der Waals surface area contributed by atoms with Gasteiger partial charge >= 0.3 is 6.09 Å². The van der Waals surface area contributed by atoms with Crippen LogP contribution in [0.3, 0.4) is 0 Å². The van der Waals surface area contributed by atoms with Gasteiger partial charge in [0.2, 0.25) is 14.3 Å². The number of benzene rings is 1. The van der Waals surface area contributed by atoms with Gasteiger partial charge in [0.1, 0.15) is 6.61 Å². The lowest BCUT2D eigenvalue weighted by Gasteiger charge is -2.31. The monoisotopic (exact) mass is 505 g/mol. The first kappa shape index (κ1) is 24.2. The van der Waals surface area contributed by atoms with Crippen LogP contribution < -0.4 is 10.2 Å². The smallest absolute Gasteiger partial charge is 0.414 e. The average Bonchev–Trinajstić information content (AvgIpc) is 3.55. The van der Waals surface area contributed by atoms with Gasteiger partial charge in [-0.15, -0.1) is 0 Å². The van der Waals surface area contributed by atoms with Crippen LogP contribution in [0, 0.1) is 5.92 Å². The van der Waals surface area contributed by atoms with Crippen molar-refractivity contribution in [2.24, 2.45) is 5.92 Å². The molecule has 11 heteroatoms. The molecule has 0 saturated carbocycles. The van der Waals surface area contributed by atoms with Gasteiger partial charge in [-0.3, -0.25) is 14.5 Å². The number of ether oxygens (including phenoxy) is 2. The topological polar surface area (TPSA) is 108 Å². The Morgan fingerprint density at radius 2 is 2.09 bits per heavy atom. The zero-order valence-electron chi connectivity index (χ0n) is 20.3. The highest BCUT2D eigenvalue weighted by Gasteiger charge is 2.65. The van der Waals surface area contributed by atoms with Crippen molar-refractivity contribution in [2.45, 2.75) is 62.6 Å². The Morgan fingerprint density at radius 3 is 2.74 bits per heavy atom. The Labute approximate surface area is 204 Å². The number of nitrogens with one attached hydrogen (secondary N) is 1. The molecular weight excluding hydrogens is 473 g/mol. The van der Waals surface area contributed by atoms with Crippen LogP contribution >= 0.6 is 0 Å². The number of carbonyl (C=O) groups excluding carboxylic acids is 3. The van der Waals surface area contributed by atoms with Crippen LogP contribution in [0.1, 0.15) is 31.7 Å². The summed E-state index contributed by atoms with van der Waals surface area (Å²) in [6.07, 6.45) is 0.264. The third-order valence-electron chi connectivity index (χ3n) is 8.06. The molecule has 0 radical (unpaired) electrons. The van der Waals surface area contributed by atoms with E-state index in [2.05, 4.69) is 5.32 Å². The van der Waals surface area contributed by atoms with E-state index in [0.717, 1.165) is 12.8 Å². The molecule has 0 aromatic heterocycles. The van der Waals surface area contributed by atoms with Crippen LogP contribution in [-0.4, -0.2) is 74.8 Å². The van der Waals surface area contributed by atoms with Crippen molar-refractivity contribution < 1.29 is 33.1 Å². The average molecular weight is 506 g/mol. The number of aliphatic hydroxyl groups excluding tert-OH is 1. The number of rotatable bonds is 5. The first-order valence-electron chi connectivity index (χ1n) is 12.2. The lowest BCUT2D eigenvalue weighted by atomic mass is 9.82. The molecule has 5 rings (SSSR count). The maximum Gasteiger partial charge on any atom is 0.414 e. The lowest BCUT2D eigenvalue weighted by molar-refractivity contribution is -0.148. The van der Waals surface area contributed by atoms with Crippen LogP contribution in [0.25, 0.3) is 0 Å². The number of anilines is 2. The fraction of sp³-hybridized carbons (Fsp3) is 0.625. The van der Waals surface area contributed by atoms with Crippen LogP contribution in [0.4, 0.5) is 20.3 Å². The molecule has 9 nitrogen and oxygen atoms in total. The Morgan fingerprint density at radius 1 is 1.31 bits per heavy atom. The summed E-state index contributed by atoms with van der Waals surface area (Å²) >= 11 is 0. The summed E-state index contributed by atoms with van der Waals surface area (Å²) in [5.74, 6) is -1.10. The summed E-state index contributed by atoms with van der Waals surface area (Å²) < 4.78 is 27.3. The molecule has 0 aliphatic carbocycles. The maximum atomic E-state index is 15.8. The quantitative estimate of drug-likeness (QED) is 0.471. The van der Waals surface area contributed by atoms with Gasteiger partial charge in [-0.25, -0.2) is 4.79 Å². The number of likely N-dealkylation sites (tertiary alicyclic amines) is 1. The molecule has 0 unspecified atom stereocenters. The molecule has 4 heterocycles. The minimum absolute atomic E-state index is 0.0473. The third kappa shape index (κ3) is 3.75. The third-order valence-corrected chi connectivity index (χ3v) is 10.5. The second kappa shape index (κ2) is 8.56. The molecule has 2 N–H and O–H groups in total. The molecular formula is C24H32FN3O6Si. The van der Waals surface area contributed by atoms with Crippen LogP contribution in [-0.2, 0) is 24.7 Å². The first-order valence-corrected chi connectivity index (χ1v) is 15.2. The van der Waals surface area contributed by atoms with Crippen molar-refractivity contribution in [3.05, 3.63) is 23.8 Å². The van der Waals surface area contributed by atoms with Gasteiger partial charge in [-0.1, -0.05) is 6.92 Å². The van der Waals surface area contributed by atoms with Crippen LogP contribution in [0.15, 0.2) is 18.2 Å². The Hall–Kier alpha value is -2.50. The van der Waals surface area contributed by atoms with Crippen molar-refractivity contribution in [1.82, 2.24) is 4.90 Å². The molecule has 4 aliphatic heterocycles. The van der Waals surface area contributed by atoms with Crippen molar-refractivity contribution in [2.75, 3.05) is 36.5 Å². The van der Waals surface area contributed by atoms with Crippen molar-refractivity contribution >= 4 is 37.7 Å². The van der Waals surface area contributed by atoms with Gasteiger partial charge in [0.05, 0.1) is 31.7 Å². The minimum atomic E-state index is -3.39. The van der Waals surface area contributed by atoms with Gasteiger partial charge in [-0.2, -0.15) is 0 Å². The van der Waals surface area contributed by atoms with E-state index in [9.17, 15) is 19.5 Å². The van der Waals surface area contributed by atoms with Crippen LogP contribution in [0.2, 0.25) is 18.6 Å². The zero-order chi connectivity index (χ0) is 25.1. The second-order valence-electron chi connectivity index (χ2n) is 10.5. The fourth-order valence-electron chi connectivity index (χ4n) is 6.49. The Bertz CT molecular complexity index is 1060. The van der Waals surface area contributed by atoms with Gasteiger partial charge in [0.15, 0.2) is 5.60 Å². The van der Waals surface area contributed by atoms with Crippen molar-refractivity contribution in [1.29, 1.82) is 0 Å². The Kier molecular flexibility index (Phi) is 5.92. The summed E-state index contributed by atoms with van der Waals surface area (Å²) in [5, 5.41) is 12.5. The fourth-order valence-corrected chi connectivity index (χ4v) is 8.99. The highest BCUT2D eigenvalue weighted by molar-refractivity contribution is 6.72. The number of amides is 3. The zero-order valence-corrected chi connectivity index (χ0v) is 21.3. The van der Waals surface area contributed by atoms with E-state index in [4.69, 9.17) is 9.47 Å². The molecule has 3 saturated heterocycles. The molecule has 3 amide bonds. The van der Waals surface area contributed by atoms with Crippen molar-refractivity contribution in [3.63, 3.8) is 0 Å². The molecule has 1 aromatic rings. The minimum Gasteiger partial charge on any atom is -0.447 e. The number of hydrogen-bond donors (Lipinski definition) is 2. The molecule has 3 fully saturated rings. The number of hydrogen-bond acceptors (Lipinski definition) is 6. The summed E-state index contributed by atoms with van der Waals surface area (Å²) in [6, 6.07) is 4.97. The highest BCUT2D eigenvalue weighted by atomic mass is 28.4. The molecule has 4 aliphatic rings. The summed E-state index contributed by atoms with van der Waals surface area (Å²) in [7, 11) is -3.39. The summed E-state index contributed by atoms with van der Waals surface area (Å²) in [4.78, 5) is 41.9. The second-order valence-corrected chi connectivity index (χ2v) is 14.3. The summed E-state index contributed by atoms with van der Waals surface area (Å²) in [5.41, 5.74) is -0.364. The SMILES string of the molecule is C[C@H]1[C@H]([Si](C)(C)F)[C@@H](CC(=O)N2CCC[C@H]2CO)O[C@]12C(=O)Nc1ccc(N3CCOC3=O)cc12. The normalized spacial score (nSPS) is 32.4. The largest absolute Gasteiger partial charge is 0.447 e. The highest BCUT2D eigenvalue weighted by Crippen LogP contribution is 2.59. The number of halogens is 1. The molecule has 1 spiro atoms. The van der Waals surface area contributed by atoms with E-state index < -0.39 is 37.7 Å². The number of aliphatic hydroxyl groups is 1. The maximum absolute atomic E-state index is 15.8. The predicted octanol–water partition coefficient (Wildman–Crippen LogP) is 2.74. The van der Waals surface area contributed by atoms with E-state index in [1.807, 2.05) is 6.92 Å². The van der Waals surface area contributed by atoms with Gasteiger partial charge in [0, 0.05) is 34.9 Å². The molecule has 1 aromatic carbocycles.